The van der Waals surface area contributed by atoms with Gasteiger partial charge < -0.3 is 9.67 Å². The fourth-order valence-corrected chi connectivity index (χ4v) is 5.66. The number of amides is 1. The van der Waals surface area contributed by atoms with Gasteiger partial charge in [-0.15, -0.1) is 0 Å². The van der Waals surface area contributed by atoms with Crippen LogP contribution in [0.5, 0.6) is 0 Å². The lowest BCUT2D eigenvalue weighted by Gasteiger charge is -2.41. The Balaban J connectivity index is 3.13. The van der Waals surface area contributed by atoms with Crippen molar-refractivity contribution in [2.75, 3.05) is 26.9 Å². The summed E-state index contributed by atoms with van der Waals surface area (Å²) in [5.41, 5.74) is 0. The van der Waals surface area contributed by atoms with Crippen molar-refractivity contribution >= 4 is 13.0 Å². The molecule has 1 saturated carbocycles. The molecule has 7 heteroatoms. The zero-order valence-corrected chi connectivity index (χ0v) is 19.5. The Morgan fingerprint density at radius 1 is 1.11 bits per heavy atom. The van der Waals surface area contributed by atoms with Gasteiger partial charge in [0.1, 0.15) is 13.0 Å². The average Bonchev–Trinajstić information content (AvgIpc) is 2.64. The molecule has 3 atom stereocenters. The number of hydroxylamine groups is 2. The average molecular weight is 419 g/mol. The van der Waals surface area contributed by atoms with Crippen LogP contribution in [-0.4, -0.2) is 71.0 Å². The fourth-order valence-electron chi connectivity index (χ4n) is 4.51. The third kappa shape index (κ3) is 7.78. The number of aliphatic hydroxyl groups excluding tert-OH is 1. The molecule has 2 N–H and O–H groups in total. The molecule has 0 aliphatic heterocycles. The van der Waals surface area contributed by atoms with Gasteiger partial charge in [0.15, 0.2) is 0 Å². The highest BCUT2D eigenvalue weighted by Gasteiger charge is 2.39. The number of carbonyl (C=O) groups is 1. The molecule has 0 aromatic heterocycles. The van der Waals surface area contributed by atoms with Crippen LogP contribution in [-0.2, 0) is 9.36 Å². The normalized spacial score (nSPS) is 19.4. The number of hydrogen-bond donors (Lipinski definition) is 2. The molecule has 3 unspecified atom stereocenters. The van der Waals surface area contributed by atoms with Gasteiger partial charge in [-0.25, -0.2) is 5.06 Å². The maximum Gasteiger partial charge on any atom is 0.262 e. The third-order valence-electron chi connectivity index (χ3n) is 6.05. The molecular formula is C21H43N2O4P. The Labute approximate surface area is 172 Å². The minimum atomic E-state index is -2.75. The van der Waals surface area contributed by atoms with E-state index in [1.165, 1.54) is 39.2 Å². The Bertz CT molecular complexity index is 503. The summed E-state index contributed by atoms with van der Waals surface area (Å²) in [5, 5.41) is 21.5. The number of likely N-dealkylation sites (N-methyl/N-ethyl adjacent to an activating group) is 1. The first-order valence-corrected chi connectivity index (χ1v) is 13.7. The van der Waals surface area contributed by atoms with E-state index in [2.05, 4.69) is 0 Å². The van der Waals surface area contributed by atoms with Gasteiger partial charge in [-0.3, -0.25) is 14.9 Å². The van der Waals surface area contributed by atoms with Gasteiger partial charge in [-0.05, 0) is 51.5 Å². The lowest BCUT2D eigenvalue weighted by atomic mass is 9.85. The van der Waals surface area contributed by atoms with Gasteiger partial charge in [0.05, 0.1) is 6.04 Å². The molecule has 0 aromatic carbocycles. The van der Waals surface area contributed by atoms with Crippen molar-refractivity contribution in [3.8, 4) is 0 Å². The van der Waals surface area contributed by atoms with E-state index in [1.807, 2.05) is 18.7 Å². The van der Waals surface area contributed by atoms with Crippen molar-refractivity contribution in [3.63, 3.8) is 0 Å². The van der Waals surface area contributed by atoms with Crippen LogP contribution < -0.4 is 0 Å². The quantitative estimate of drug-likeness (QED) is 0.279. The maximum absolute atomic E-state index is 12.8. The Kier molecular flexibility index (Phi) is 11.3. The Hall–Kier alpha value is -0.420. The van der Waals surface area contributed by atoms with E-state index in [1.54, 1.807) is 13.3 Å². The second kappa shape index (κ2) is 12.3. The number of aliphatic hydroxyl groups is 1. The summed E-state index contributed by atoms with van der Waals surface area (Å²) >= 11 is 0. The van der Waals surface area contributed by atoms with Gasteiger partial charge >= 0.3 is 0 Å². The summed E-state index contributed by atoms with van der Waals surface area (Å²) < 4.78 is 12.8. The topological polar surface area (TPSA) is 81.1 Å². The predicted octanol–water partition coefficient (Wildman–Crippen LogP) is 4.38. The molecule has 28 heavy (non-hydrogen) atoms. The summed E-state index contributed by atoms with van der Waals surface area (Å²) in [6.45, 7) is 7.95. The molecule has 0 spiro atoms. The molecular weight excluding hydrogens is 375 g/mol. The van der Waals surface area contributed by atoms with E-state index in [4.69, 9.17) is 0 Å². The van der Waals surface area contributed by atoms with Crippen LogP contribution in [0.4, 0.5) is 0 Å². The van der Waals surface area contributed by atoms with Crippen molar-refractivity contribution in [1.29, 1.82) is 0 Å². The molecule has 1 aliphatic carbocycles. The van der Waals surface area contributed by atoms with Gasteiger partial charge in [0.2, 0.25) is 0 Å². The molecule has 0 bridgehead atoms. The number of nitrogens with zero attached hydrogens (tertiary/aromatic N) is 2. The highest BCUT2D eigenvalue weighted by molar-refractivity contribution is 7.62. The first-order valence-electron chi connectivity index (χ1n) is 11.1. The molecule has 1 rings (SSSR count). The monoisotopic (exact) mass is 418 g/mol. The zero-order chi connectivity index (χ0) is 21.3. The predicted molar refractivity (Wildman–Crippen MR) is 115 cm³/mol. The van der Waals surface area contributed by atoms with Gasteiger partial charge in [-0.2, -0.15) is 0 Å². The Morgan fingerprint density at radius 2 is 1.71 bits per heavy atom. The van der Waals surface area contributed by atoms with Crippen LogP contribution in [0.1, 0.15) is 78.1 Å². The van der Waals surface area contributed by atoms with Crippen molar-refractivity contribution in [2.24, 2.45) is 5.92 Å². The van der Waals surface area contributed by atoms with Crippen molar-refractivity contribution in [2.45, 2.75) is 96.0 Å². The first kappa shape index (κ1) is 25.6. The summed E-state index contributed by atoms with van der Waals surface area (Å²) in [6.07, 6.45) is 10.2. The number of carbonyl (C=O) groups excluding carboxylic acids is 1. The molecule has 6 nitrogen and oxygen atoms in total. The van der Waals surface area contributed by atoms with Crippen LogP contribution in [0.3, 0.4) is 0 Å². The number of hydrogen-bond acceptors (Lipinski definition) is 5. The standard InChI is InChI=1S/C21H43N2O4P/c1-6-11-18(20(24)22(3)26)23(16-7-2)19(21(25)28(4,5)27)15-14-17-12-9-8-10-13-17/h17-19,21,25-26H,6-16H2,1-5H3. The minimum absolute atomic E-state index is 0.330. The fraction of sp³-hybridized carbons (Fsp3) is 0.952. The smallest absolute Gasteiger partial charge is 0.262 e. The summed E-state index contributed by atoms with van der Waals surface area (Å²) in [5.74, 6) is -0.660. The first-order chi connectivity index (χ1) is 13.1. The van der Waals surface area contributed by atoms with E-state index in [9.17, 15) is 19.7 Å². The molecule has 0 saturated heterocycles. The molecule has 0 radical (unpaired) electrons. The van der Waals surface area contributed by atoms with Crippen LogP contribution in [0.15, 0.2) is 0 Å². The third-order valence-corrected chi connectivity index (χ3v) is 7.67. The molecule has 1 amide bonds. The van der Waals surface area contributed by atoms with E-state index in [0.29, 0.717) is 23.9 Å². The van der Waals surface area contributed by atoms with Gasteiger partial charge in [-0.1, -0.05) is 52.4 Å². The van der Waals surface area contributed by atoms with Crippen LogP contribution in [0.2, 0.25) is 0 Å². The minimum Gasteiger partial charge on any atom is -0.384 e. The molecule has 0 aromatic rings. The van der Waals surface area contributed by atoms with Crippen LogP contribution >= 0.6 is 7.14 Å². The summed E-state index contributed by atoms with van der Waals surface area (Å²) in [4.78, 5) is 14.7. The molecule has 166 valence electrons. The lowest BCUT2D eigenvalue weighted by Crippen LogP contribution is -2.54. The van der Waals surface area contributed by atoms with E-state index in [0.717, 1.165) is 25.7 Å². The number of rotatable bonds is 12. The molecule has 0 heterocycles. The van der Waals surface area contributed by atoms with Crippen molar-refractivity contribution in [1.82, 2.24) is 9.96 Å². The van der Waals surface area contributed by atoms with Gasteiger partial charge in [0, 0.05) is 13.1 Å². The highest BCUT2D eigenvalue weighted by atomic mass is 31.2. The van der Waals surface area contributed by atoms with E-state index >= 15 is 0 Å². The molecule has 1 fully saturated rings. The second-order valence-corrected chi connectivity index (χ2v) is 12.3. The zero-order valence-electron chi connectivity index (χ0n) is 18.6. The van der Waals surface area contributed by atoms with Crippen LogP contribution in [0.25, 0.3) is 0 Å². The SMILES string of the molecule is CCCC(C(=O)N(C)O)N(CCC)C(CCC1CCCCC1)C(O)P(C)(C)=O. The van der Waals surface area contributed by atoms with Crippen LogP contribution in [0, 0.1) is 5.92 Å². The van der Waals surface area contributed by atoms with Crippen molar-refractivity contribution in [3.05, 3.63) is 0 Å². The van der Waals surface area contributed by atoms with Gasteiger partial charge in [0.25, 0.3) is 5.91 Å². The molecule has 1 aliphatic rings. The van der Waals surface area contributed by atoms with Crippen molar-refractivity contribution < 1.29 is 19.7 Å². The highest BCUT2D eigenvalue weighted by Crippen LogP contribution is 2.45. The summed E-state index contributed by atoms with van der Waals surface area (Å²) in [7, 11) is -1.39. The Morgan fingerprint density at radius 3 is 2.18 bits per heavy atom. The van der Waals surface area contributed by atoms with E-state index in [-0.39, 0.29) is 11.9 Å². The largest absolute Gasteiger partial charge is 0.384 e. The second-order valence-electron chi connectivity index (χ2n) is 8.90. The summed E-state index contributed by atoms with van der Waals surface area (Å²) in [6, 6.07) is -0.833. The maximum atomic E-state index is 12.8. The van der Waals surface area contributed by atoms with E-state index < -0.39 is 19.0 Å². The lowest BCUT2D eigenvalue weighted by molar-refractivity contribution is -0.167.